The Morgan fingerprint density at radius 2 is 1.89 bits per heavy atom. The summed E-state index contributed by atoms with van der Waals surface area (Å²) in [4.78, 5) is 23.2. The summed E-state index contributed by atoms with van der Waals surface area (Å²) in [5.41, 5.74) is 14.3. The number of fused-ring (bicyclic) bond motifs is 1. The van der Waals surface area contributed by atoms with Gasteiger partial charge in [-0.1, -0.05) is 41.4 Å². The topological polar surface area (TPSA) is 116 Å². The zero-order valence-corrected chi connectivity index (χ0v) is 25.9. The molecule has 0 saturated carbocycles. The Balaban J connectivity index is 1.38. The molecule has 4 heterocycles. The van der Waals surface area contributed by atoms with E-state index < -0.39 is 0 Å². The summed E-state index contributed by atoms with van der Waals surface area (Å²) in [6.45, 7) is 5.94. The zero-order valence-electron chi connectivity index (χ0n) is 25.1. The molecule has 8 nitrogen and oxygen atoms in total. The quantitative estimate of drug-likeness (QED) is 0.203. The van der Waals surface area contributed by atoms with Crippen LogP contribution in [-0.2, 0) is 4.79 Å². The standard InChI is InChI=1S/C35H36ClN7O/c1-21(2)33-30(16-24(18-37)25-15-27(20-38-19-25)39-35(44)22-10-12-43(3)13-11-22)34(42-41-33)32-17-29-28(8-5-9-31(29)40-32)23-6-4-7-26(36)14-23/h4-9,14-20,22,40-41H,10-13,37H2,1-3H3,(H,39,44)/b24-18+,30-16+. The minimum Gasteiger partial charge on any atom is -0.404 e. The molecule has 44 heavy (non-hydrogen) atoms. The number of allylic oxidation sites excluding steroid dienone is 1. The first kappa shape index (κ1) is 29.4. The largest absolute Gasteiger partial charge is 0.404 e. The van der Waals surface area contributed by atoms with Crippen LogP contribution in [0.15, 0.2) is 73.2 Å². The van der Waals surface area contributed by atoms with Gasteiger partial charge in [0.05, 0.1) is 22.9 Å². The Labute approximate surface area is 261 Å². The fraction of sp³-hybridized carbons (Fsp3) is 0.229. The number of aromatic amines is 2. The molecule has 0 spiro atoms. The lowest BCUT2D eigenvalue weighted by Crippen LogP contribution is -2.35. The molecule has 6 rings (SSSR count). The monoisotopic (exact) mass is 605 g/mol. The molecule has 1 amide bonds. The van der Waals surface area contributed by atoms with Crippen molar-refractivity contribution < 1.29 is 4.79 Å². The summed E-state index contributed by atoms with van der Waals surface area (Å²) in [6, 6.07) is 18.1. The first-order valence-corrected chi connectivity index (χ1v) is 15.2. The van der Waals surface area contributed by atoms with Gasteiger partial charge in [-0.05, 0) is 99.9 Å². The third-order valence-electron chi connectivity index (χ3n) is 8.27. The Kier molecular flexibility index (Phi) is 8.37. The van der Waals surface area contributed by atoms with E-state index in [0.29, 0.717) is 10.7 Å². The molecular formula is C35H36ClN7O. The van der Waals surface area contributed by atoms with E-state index in [1.165, 1.54) is 0 Å². The van der Waals surface area contributed by atoms with Gasteiger partial charge in [0.15, 0.2) is 0 Å². The number of hydrogen-bond donors (Lipinski definition) is 4. The summed E-state index contributed by atoms with van der Waals surface area (Å²) in [7, 11) is 2.09. The van der Waals surface area contributed by atoms with E-state index in [9.17, 15) is 4.79 Å². The summed E-state index contributed by atoms with van der Waals surface area (Å²) in [6.07, 6.45) is 8.71. The number of aromatic nitrogens is 4. The highest BCUT2D eigenvalue weighted by molar-refractivity contribution is 6.30. The highest BCUT2D eigenvalue weighted by atomic mass is 35.5. The molecule has 1 aliphatic rings. The molecule has 9 heteroatoms. The normalized spacial score (nSPS) is 15.2. The number of piperidine rings is 1. The van der Waals surface area contributed by atoms with Crippen LogP contribution in [0.25, 0.3) is 50.6 Å². The summed E-state index contributed by atoms with van der Waals surface area (Å²) in [5.74, 6) is 0.0339. The van der Waals surface area contributed by atoms with Gasteiger partial charge >= 0.3 is 0 Å². The van der Waals surface area contributed by atoms with Gasteiger partial charge < -0.3 is 20.9 Å². The second-order valence-corrected chi connectivity index (χ2v) is 12.1. The second kappa shape index (κ2) is 12.5. The van der Waals surface area contributed by atoms with Crippen LogP contribution in [-0.4, -0.2) is 51.1 Å². The number of rotatable bonds is 6. The number of halogens is 1. The number of amides is 1. The van der Waals surface area contributed by atoms with Crippen molar-refractivity contribution in [1.82, 2.24) is 25.1 Å². The molecule has 0 radical (unpaired) electrons. The molecule has 0 bridgehead atoms. The molecule has 0 atom stereocenters. The van der Waals surface area contributed by atoms with Crippen molar-refractivity contribution in [3.05, 3.63) is 94.3 Å². The van der Waals surface area contributed by atoms with E-state index >= 15 is 0 Å². The highest BCUT2D eigenvalue weighted by Crippen LogP contribution is 2.32. The van der Waals surface area contributed by atoms with Gasteiger partial charge in [-0.15, -0.1) is 0 Å². The Hall–Kier alpha value is -4.66. The lowest BCUT2D eigenvalue weighted by atomic mass is 9.96. The van der Waals surface area contributed by atoms with Gasteiger partial charge in [0.25, 0.3) is 0 Å². The number of benzene rings is 2. The maximum Gasteiger partial charge on any atom is 0.227 e. The number of hydrogen-bond acceptors (Lipinski definition) is 5. The number of pyridine rings is 1. The molecular weight excluding hydrogens is 570 g/mol. The van der Waals surface area contributed by atoms with Gasteiger partial charge in [-0.25, -0.2) is 0 Å². The third kappa shape index (κ3) is 6.04. The van der Waals surface area contributed by atoms with Crippen molar-refractivity contribution >= 4 is 51.3 Å². The van der Waals surface area contributed by atoms with Crippen molar-refractivity contribution in [3.8, 4) is 22.5 Å². The Bertz CT molecular complexity index is 1990. The predicted molar refractivity (Wildman–Crippen MR) is 180 cm³/mol. The van der Waals surface area contributed by atoms with Crippen molar-refractivity contribution in [1.29, 1.82) is 0 Å². The number of nitrogens with one attached hydrogen (secondary N) is 3. The molecule has 224 valence electrons. The van der Waals surface area contributed by atoms with Crippen LogP contribution in [0, 0.1) is 5.92 Å². The first-order chi connectivity index (χ1) is 21.3. The first-order valence-electron chi connectivity index (χ1n) is 14.8. The number of carbonyl (C=O) groups excluding carboxylic acids is 1. The average Bonchev–Trinajstić information content (AvgIpc) is 3.64. The molecule has 5 aromatic rings. The third-order valence-corrected chi connectivity index (χ3v) is 8.50. The SMILES string of the molecule is CC(C)=c1[nH]nc(-c2cc3c(-c4cccc(Cl)c4)cccc3[nH]2)/c1=C/C(=C\N)c1cncc(NC(=O)C2CCN(C)CC2)c1. The zero-order chi connectivity index (χ0) is 30.8. The maximum atomic E-state index is 13.0. The molecule has 1 fully saturated rings. The van der Waals surface area contributed by atoms with Gasteiger partial charge in [-0.3, -0.25) is 14.9 Å². The molecule has 3 aromatic heterocycles. The van der Waals surface area contributed by atoms with Crippen molar-refractivity contribution in [2.24, 2.45) is 11.7 Å². The molecule has 1 aliphatic heterocycles. The predicted octanol–water partition coefficient (Wildman–Crippen LogP) is 5.52. The van der Waals surface area contributed by atoms with E-state index in [4.69, 9.17) is 22.4 Å². The van der Waals surface area contributed by atoms with Crippen LogP contribution in [0.4, 0.5) is 5.69 Å². The van der Waals surface area contributed by atoms with Crippen LogP contribution in [0.1, 0.15) is 32.3 Å². The summed E-state index contributed by atoms with van der Waals surface area (Å²) < 4.78 is 0. The minimum atomic E-state index is 0.000699. The van der Waals surface area contributed by atoms with Crippen LogP contribution in [0.2, 0.25) is 5.02 Å². The minimum absolute atomic E-state index is 0.000699. The van der Waals surface area contributed by atoms with Gasteiger partial charge in [0, 0.05) is 45.0 Å². The molecule has 2 aromatic carbocycles. The lowest BCUT2D eigenvalue weighted by molar-refractivity contribution is -0.121. The van der Waals surface area contributed by atoms with Crippen LogP contribution in [0.5, 0.6) is 0 Å². The fourth-order valence-electron chi connectivity index (χ4n) is 5.83. The number of H-pyrrole nitrogens is 2. The Morgan fingerprint density at radius 1 is 1.09 bits per heavy atom. The van der Waals surface area contributed by atoms with E-state index in [2.05, 4.69) is 56.6 Å². The molecule has 0 aliphatic carbocycles. The number of carbonyl (C=O) groups is 1. The smallest absolute Gasteiger partial charge is 0.227 e. The summed E-state index contributed by atoms with van der Waals surface area (Å²) >= 11 is 6.32. The van der Waals surface area contributed by atoms with Crippen LogP contribution in [0.3, 0.4) is 0 Å². The number of nitrogens with zero attached hydrogens (tertiary/aromatic N) is 3. The van der Waals surface area contributed by atoms with Crippen LogP contribution < -0.4 is 21.6 Å². The number of anilines is 1. The van der Waals surface area contributed by atoms with Crippen molar-refractivity contribution in [2.75, 3.05) is 25.5 Å². The van der Waals surface area contributed by atoms with Gasteiger partial charge in [0.2, 0.25) is 5.91 Å². The highest BCUT2D eigenvalue weighted by Gasteiger charge is 2.23. The number of likely N-dealkylation sites (tertiary alicyclic amines) is 1. The number of nitrogens with two attached hydrogens (primary N) is 1. The Morgan fingerprint density at radius 3 is 2.64 bits per heavy atom. The molecule has 0 unspecified atom stereocenters. The lowest BCUT2D eigenvalue weighted by Gasteiger charge is -2.28. The second-order valence-electron chi connectivity index (χ2n) is 11.6. The van der Waals surface area contributed by atoms with Crippen LogP contribution >= 0.6 is 11.6 Å². The van der Waals surface area contributed by atoms with E-state index in [1.54, 1.807) is 18.6 Å². The molecule has 1 saturated heterocycles. The maximum absolute atomic E-state index is 13.0. The molecule has 5 N–H and O–H groups in total. The van der Waals surface area contributed by atoms with Gasteiger partial charge in [0.1, 0.15) is 5.69 Å². The van der Waals surface area contributed by atoms with Crippen molar-refractivity contribution in [3.63, 3.8) is 0 Å². The average molecular weight is 606 g/mol. The van der Waals surface area contributed by atoms with E-state index in [-0.39, 0.29) is 11.8 Å². The van der Waals surface area contributed by atoms with E-state index in [0.717, 1.165) is 86.6 Å². The fourth-order valence-corrected chi connectivity index (χ4v) is 6.02. The summed E-state index contributed by atoms with van der Waals surface area (Å²) in [5, 5.41) is 14.6. The van der Waals surface area contributed by atoms with Crippen molar-refractivity contribution in [2.45, 2.75) is 26.7 Å². The van der Waals surface area contributed by atoms with E-state index in [1.807, 2.05) is 50.3 Å². The van der Waals surface area contributed by atoms with Gasteiger partial charge in [-0.2, -0.15) is 5.10 Å².